The number of Topliss-reactive ketones (excluding diaryl/α,β-unsaturated/α-hetero) is 2. The van der Waals surface area contributed by atoms with Gasteiger partial charge in [-0.1, -0.05) is 61.5 Å². The maximum absolute atomic E-state index is 12.5. The van der Waals surface area contributed by atoms with Gasteiger partial charge in [-0.2, -0.15) is 0 Å². The maximum Gasteiger partial charge on any atom is 0.230 e. The fraction of sp³-hybridized carbons (Fsp3) is 0.647. The number of hydrogen-bond donors (Lipinski definition) is 0. The highest BCUT2D eigenvalue weighted by Crippen LogP contribution is 2.40. The molecule has 0 aromatic rings. The maximum atomic E-state index is 12.5. The van der Waals surface area contributed by atoms with Crippen LogP contribution in [-0.4, -0.2) is 11.6 Å². The number of carbonyl (C=O) groups is 2. The normalized spacial score (nSPS) is 18.3. The van der Waals surface area contributed by atoms with Gasteiger partial charge in [-0.15, -0.1) is 0 Å². The van der Waals surface area contributed by atoms with E-state index in [9.17, 15) is 9.59 Å². The van der Waals surface area contributed by atoms with Crippen LogP contribution in [0.4, 0.5) is 0 Å². The van der Waals surface area contributed by atoms with E-state index in [4.69, 9.17) is 0 Å². The Morgan fingerprint density at radius 2 is 1.32 bits per heavy atom. The van der Waals surface area contributed by atoms with E-state index in [-0.39, 0.29) is 28.3 Å². The summed E-state index contributed by atoms with van der Waals surface area (Å²) in [5, 5.41) is 0. The third-order valence-corrected chi connectivity index (χ3v) is 3.45. The minimum atomic E-state index is -0.332. The summed E-state index contributed by atoms with van der Waals surface area (Å²) in [5.41, 5.74) is 1.74. The van der Waals surface area contributed by atoms with Crippen LogP contribution in [0.2, 0.25) is 0 Å². The molecule has 0 heterocycles. The minimum absolute atomic E-state index is 0.239. The summed E-state index contributed by atoms with van der Waals surface area (Å²) in [6, 6.07) is 0. The molecule has 0 N–H and O–H groups in total. The van der Waals surface area contributed by atoms with Crippen LogP contribution in [0.3, 0.4) is 0 Å². The summed E-state index contributed by atoms with van der Waals surface area (Å²) in [6.07, 6.45) is 1.95. The fourth-order valence-electron chi connectivity index (χ4n) is 2.45. The zero-order valence-electron chi connectivity index (χ0n) is 13.5. The molecule has 106 valence electrons. The van der Waals surface area contributed by atoms with Gasteiger partial charge >= 0.3 is 0 Å². The summed E-state index contributed by atoms with van der Waals surface area (Å²) in [5.74, 6) is -0.408. The van der Waals surface area contributed by atoms with Crippen molar-refractivity contribution >= 4 is 11.6 Å². The molecule has 0 amide bonds. The van der Waals surface area contributed by atoms with Crippen molar-refractivity contribution in [1.82, 2.24) is 0 Å². The first-order valence-electron chi connectivity index (χ1n) is 6.93. The zero-order valence-corrected chi connectivity index (χ0v) is 13.5. The van der Waals surface area contributed by atoms with Crippen LogP contribution in [0.25, 0.3) is 0 Å². The predicted octanol–water partition coefficient (Wildman–Crippen LogP) is 4.11. The predicted molar refractivity (Wildman–Crippen MR) is 78.9 cm³/mol. The first-order chi connectivity index (χ1) is 8.37. The van der Waals surface area contributed by atoms with Crippen molar-refractivity contribution in [2.24, 2.45) is 16.7 Å². The van der Waals surface area contributed by atoms with Crippen molar-refractivity contribution < 1.29 is 9.59 Å². The van der Waals surface area contributed by atoms with Crippen molar-refractivity contribution in [2.75, 3.05) is 0 Å². The topological polar surface area (TPSA) is 34.1 Å². The minimum Gasteiger partial charge on any atom is -0.285 e. The molecule has 0 saturated heterocycles. The Labute approximate surface area is 117 Å². The number of carbonyl (C=O) groups excluding carboxylic acids is 2. The lowest BCUT2D eigenvalue weighted by atomic mass is 9.69. The van der Waals surface area contributed by atoms with Crippen molar-refractivity contribution in [3.05, 3.63) is 22.8 Å². The van der Waals surface area contributed by atoms with E-state index in [0.717, 1.165) is 5.57 Å². The van der Waals surface area contributed by atoms with E-state index in [1.807, 2.05) is 47.6 Å². The summed E-state index contributed by atoms with van der Waals surface area (Å²) in [7, 11) is 0. The molecule has 0 radical (unpaired) electrons. The molecule has 0 aliphatic heterocycles. The lowest BCUT2D eigenvalue weighted by Crippen LogP contribution is -2.35. The average molecular weight is 262 g/mol. The summed E-state index contributed by atoms with van der Waals surface area (Å²) < 4.78 is 0. The Balaban J connectivity index is 3.60. The quantitative estimate of drug-likeness (QED) is 0.526. The van der Waals surface area contributed by atoms with Crippen molar-refractivity contribution in [1.29, 1.82) is 0 Å². The number of hydrogen-bond acceptors (Lipinski definition) is 2. The molecule has 0 atom stereocenters. The molecule has 19 heavy (non-hydrogen) atoms. The monoisotopic (exact) mass is 262 g/mol. The molecular weight excluding hydrogens is 236 g/mol. The molecule has 0 spiro atoms. The van der Waals surface area contributed by atoms with Crippen LogP contribution in [0, 0.1) is 16.7 Å². The summed E-state index contributed by atoms with van der Waals surface area (Å²) in [6.45, 7) is 16.0. The zero-order chi connectivity index (χ0) is 15.2. The molecular formula is C17H26O2. The van der Waals surface area contributed by atoms with Crippen LogP contribution in [-0.2, 0) is 9.59 Å². The molecule has 2 heteroatoms. The molecule has 1 aliphatic rings. The number of allylic oxidation sites excluding steroid dienone is 4. The molecule has 0 aromatic heterocycles. The molecule has 0 saturated carbocycles. The molecule has 2 nitrogen and oxygen atoms in total. The molecule has 0 fully saturated rings. The van der Waals surface area contributed by atoms with Crippen LogP contribution in [0.15, 0.2) is 22.8 Å². The highest BCUT2D eigenvalue weighted by atomic mass is 16.2. The molecule has 1 rings (SSSR count). The van der Waals surface area contributed by atoms with E-state index in [1.54, 1.807) is 0 Å². The fourth-order valence-corrected chi connectivity index (χ4v) is 2.45. The molecule has 0 unspecified atom stereocenters. The van der Waals surface area contributed by atoms with Crippen LogP contribution in [0.1, 0.15) is 55.4 Å². The third-order valence-electron chi connectivity index (χ3n) is 3.45. The van der Waals surface area contributed by atoms with Gasteiger partial charge in [0.15, 0.2) is 0 Å². The van der Waals surface area contributed by atoms with E-state index in [1.165, 1.54) is 0 Å². The lowest BCUT2D eigenvalue weighted by Gasteiger charge is -2.32. The van der Waals surface area contributed by atoms with Gasteiger partial charge in [0.1, 0.15) is 0 Å². The van der Waals surface area contributed by atoms with Gasteiger partial charge in [-0.05, 0) is 22.3 Å². The van der Waals surface area contributed by atoms with Gasteiger partial charge in [-0.3, -0.25) is 9.59 Å². The Hall–Kier alpha value is -1.18. The van der Waals surface area contributed by atoms with Crippen LogP contribution < -0.4 is 0 Å². The molecule has 0 bridgehead atoms. The van der Waals surface area contributed by atoms with Crippen molar-refractivity contribution in [3.63, 3.8) is 0 Å². The van der Waals surface area contributed by atoms with Gasteiger partial charge in [0.2, 0.25) is 11.6 Å². The second-order valence-electron chi connectivity index (χ2n) is 7.70. The van der Waals surface area contributed by atoms with E-state index >= 15 is 0 Å². The summed E-state index contributed by atoms with van der Waals surface area (Å²) in [4.78, 5) is 24.8. The third kappa shape index (κ3) is 3.05. The molecule has 1 aliphatic carbocycles. The van der Waals surface area contributed by atoms with Gasteiger partial charge in [0, 0.05) is 11.1 Å². The standard InChI is InChI=1S/C17H26O2/c1-10(2)11-9-12(16(3,4)5)14(18)15(19)13(11)17(6,7)8/h9-10H,1-8H3. The lowest BCUT2D eigenvalue weighted by molar-refractivity contribution is -0.133. The van der Waals surface area contributed by atoms with Crippen molar-refractivity contribution in [3.8, 4) is 0 Å². The Morgan fingerprint density at radius 3 is 1.63 bits per heavy atom. The van der Waals surface area contributed by atoms with Gasteiger partial charge in [-0.25, -0.2) is 0 Å². The number of rotatable bonds is 1. The number of ketones is 2. The first kappa shape index (κ1) is 15.9. The Morgan fingerprint density at radius 1 is 0.842 bits per heavy atom. The highest BCUT2D eigenvalue weighted by Gasteiger charge is 2.39. The second kappa shape index (κ2) is 4.73. The van der Waals surface area contributed by atoms with E-state index < -0.39 is 0 Å². The largest absolute Gasteiger partial charge is 0.285 e. The van der Waals surface area contributed by atoms with Gasteiger partial charge < -0.3 is 0 Å². The first-order valence-corrected chi connectivity index (χ1v) is 6.93. The van der Waals surface area contributed by atoms with Gasteiger partial charge in [0.25, 0.3) is 0 Å². The summed E-state index contributed by atoms with van der Waals surface area (Å²) >= 11 is 0. The van der Waals surface area contributed by atoms with Crippen LogP contribution >= 0.6 is 0 Å². The van der Waals surface area contributed by atoms with Crippen LogP contribution in [0.5, 0.6) is 0 Å². The second-order valence-corrected chi connectivity index (χ2v) is 7.70. The van der Waals surface area contributed by atoms with Gasteiger partial charge in [0.05, 0.1) is 0 Å². The van der Waals surface area contributed by atoms with E-state index in [0.29, 0.717) is 11.1 Å². The SMILES string of the molecule is CC(C)C1=C(C(C)(C)C)C(=O)C(=O)C(C(C)(C)C)=C1. The Bertz CT molecular complexity index is 474. The average Bonchev–Trinajstić information content (AvgIpc) is 2.17. The highest BCUT2D eigenvalue weighted by molar-refractivity contribution is 6.50. The van der Waals surface area contributed by atoms with Crippen molar-refractivity contribution in [2.45, 2.75) is 55.4 Å². The Kier molecular flexibility index (Phi) is 3.96. The van der Waals surface area contributed by atoms with E-state index in [2.05, 4.69) is 13.8 Å². The smallest absolute Gasteiger partial charge is 0.230 e. The molecule has 0 aromatic carbocycles.